The van der Waals surface area contributed by atoms with Crippen molar-refractivity contribution in [3.8, 4) is 0 Å². The molecule has 0 aliphatic carbocycles. The summed E-state index contributed by atoms with van der Waals surface area (Å²) in [5, 5.41) is 0. The van der Waals surface area contributed by atoms with Gasteiger partial charge in [-0.15, -0.1) is 0 Å². The summed E-state index contributed by atoms with van der Waals surface area (Å²) in [6.07, 6.45) is 2.38. The standard InChI is InChI=1S/C10H23N3/c1-10(2,3)7-6-8-13(5)9(11)12-4/h6-8H2,1-5H3,(H2,11,12). The van der Waals surface area contributed by atoms with E-state index < -0.39 is 0 Å². The highest BCUT2D eigenvalue weighted by molar-refractivity contribution is 5.77. The largest absolute Gasteiger partial charge is 0.370 e. The van der Waals surface area contributed by atoms with Gasteiger partial charge >= 0.3 is 0 Å². The zero-order valence-electron chi connectivity index (χ0n) is 9.59. The van der Waals surface area contributed by atoms with E-state index >= 15 is 0 Å². The van der Waals surface area contributed by atoms with Crippen LogP contribution in [0, 0.1) is 5.41 Å². The fourth-order valence-electron chi connectivity index (χ4n) is 1.13. The lowest BCUT2D eigenvalue weighted by molar-refractivity contribution is 0.340. The minimum Gasteiger partial charge on any atom is -0.370 e. The van der Waals surface area contributed by atoms with E-state index in [2.05, 4.69) is 25.8 Å². The molecule has 0 fully saturated rings. The van der Waals surface area contributed by atoms with Crippen LogP contribution >= 0.6 is 0 Å². The maximum Gasteiger partial charge on any atom is 0.190 e. The van der Waals surface area contributed by atoms with Crippen LogP contribution in [-0.4, -0.2) is 31.5 Å². The van der Waals surface area contributed by atoms with Crippen molar-refractivity contribution < 1.29 is 0 Å². The Kier molecular flexibility index (Phi) is 4.81. The highest BCUT2D eigenvalue weighted by atomic mass is 15.2. The third kappa shape index (κ3) is 6.43. The van der Waals surface area contributed by atoms with Crippen molar-refractivity contribution in [2.45, 2.75) is 33.6 Å². The summed E-state index contributed by atoms with van der Waals surface area (Å²) < 4.78 is 0. The molecule has 0 aromatic rings. The summed E-state index contributed by atoms with van der Waals surface area (Å²) in [7, 11) is 3.70. The average molecular weight is 185 g/mol. The van der Waals surface area contributed by atoms with Crippen LogP contribution in [0.15, 0.2) is 4.99 Å². The Hall–Kier alpha value is -0.730. The second kappa shape index (κ2) is 5.10. The maximum absolute atomic E-state index is 5.64. The first kappa shape index (κ1) is 12.3. The highest BCUT2D eigenvalue weighted by Gasteiger charge is 2.10. The summed E-state index contributed by atoms with van der Waals surface area (Å²) in [5.74, 6) is 0.619. The molecule has 0 aliphatic heterocycles. The molecule has 13 heavy (non-hydrogen) atoms. The first-order chi connectivity index (χ1) is 5.87. The molecule has 0 saturated heterocycles. The summed E-state index contributed by atoms with van der Waals surface area (Å²) in [6, 6.07) is 0. The Balaban J connectivity index is 3.66. The smallest absolute Gasteiger partial charge is 0.190 e. The number of nitrogens with two attached hydrogens (primary N) is 1. The second-order valence-electron chi connectivity index (χ2n) is 4.67. The van der Waals surface area contributed by atoms with Gasteiger partial charge in [-0.3, -0.25) is 4.99 Å². The van der Waals surface area contributed by atoms with Gasteiger partial charge in [0.1, 0.15) is 0 Å². The number of aliphatic imine (C=N–C) groups is 1. The molecule has 0 aromatic heterocycles. The van der Waals surface area contributed by atoms with Crippen molar-refractivity contribution in [1.29, 1.82) is 0 Å². The lowest BCUT2D eigenvalue weighted by Gasteiger charge is -2.21. The quantitative estimate of drug-likeness (QED) is 0.537. The van der Waals surface area contributed by atoms with Gasteiger partial charge in [-0.25, -0.2) is 0 Å². The molecule has 0 bridgehead atoms. The van der Waals surface area contributed by atoms with Gasteiger partial charge in [0.15, 0.2) is 5.96 Å². The van der Waals surface area contributed by atoms with Crippen molar-refractivity contribution in [2.24, 2.45) is 16.1 Å². The molecule has 0 radical (unpaired) electrons. The Morgan fingerprint density at radius 3 is 2.31 bits per heavy atom. The molecule has 0 rings (SSSR count). The van der Waals surface area contributed by atoms with Gasteiger partial charge in [-0.2, -0.15) is 0 Å². The van der Waals surface area contributed by atoms with Gasteiger partial charge < -0.3 is 10.6 Å². The molecule has 78 valence electrons. The second-order valence-corrected chi connectivity index (χ2v) is 4.67. The van der Waals surface area contributed by atoms with Gasteiger partial charge in [0.25, 0.3) is 0 Å². The van der Waals surface area contributed by atoms with E-state index in [0.29, 0.717) is 11.4 Å². The molecule has 3 heteroatoms. The number of nitrogens with zero attached hydrogens (tertiary/aromatic N) is 2. The van der Waals surface area contributed by atoms with Crippen molar-refractivity contribution in [1.82, 2.24) is 4.90 Å². The molecule has 0 heterocycles. The van der Waals surface area contributed by atoms with Crippen LogP contribution in [0.2, 0.25) is 0 Å². The number of hydrogen-bond donors (Lipinski definition) is 1. The van der Waals surface area contributed by atoms with Crippen LogP contribution in [0.4, 0.5) is 0 Å². The molecule has 0 saturated carbocycles. The van der Waals surface area contributed by atoms with Crippen LogP contribution in [0.5, 0.6) is 0 Å². The Morgan fingerprint density at radius 2 is 1.92 bits per heavy atom. The monoisotopic (exact) mass is 185 g/mol. The fourth-order valence-corrected chi connectivity index (χ4v) is 1.13. The van der Waals surface area contributed by atoms with Crippen molar-refractivity contribution in [2.75, 3.05) is 20.6 Å². The summed E-state index contributed by atoms with van der Waals surface area (Å²) in [4.78, 5) is 5.92. The molecule has 0 spiro atoms. The first-order valence-corrected chi connectivity index (χ1v) is 4.80. The lowest BCUT2D eigenvalue weighted by atomic mass is 9.90. The predicted octanol–water partition coefficient (Wildman–Crippen LogP) is 1.69. The summed E-state index contributed by atoms with van der Waals surface area (Å²) in [5.41, 5.74) is 6.06. The number of rotatable bonds is 3. The third-order valence-electron chi connectivity index (χ3n) is 2.04. The molecule has 2 N–H and O–H groups in total. The van der Waals surface area contributed by atoms with Crippen LogP contribution in [-0.2, 0) is 0 Å². The maximum atomic E-state index is 5.64. The Morgan fingerprint density at radius 1 is 1.38 bits per heavy atom. The van der Waals surface area contributed by atoms with Crippen molar-refractivity contribution >= 4 is 5.96 Å². The first-order valence-electron chi connectivity index (χ1n) is 4.80. The molecular weight excluding hydrogens is 162 g/mol. The van der Waals surface area contributed by atoms with Crippen LogP contribution < -0.4 is 5.73 Å². The normalized spacial score (nSPS) is 13.2. The van der Waals surface area contributed by atoms with E-state index in [-0.39, 0.29) is 0 Å². The zero-order valence-corrected chi connectivity index (χ0v) is 9.59. The highest BCUT2D eigenvalue weighted by Crippen LogP contribution is 2.20. The fraction of sp³-hybridized carbons (Fsp3) is 0.900. The average Bonchev–Trinajstić information content (AvgIpc) is 2.00. The Bertz CT molecular complexity index is 167. The van der Waals surface area contributed by atoms with Gasteiger partial charge in [0.05, 0.1) is 0 Å². The molecule has 0 aliphatic rings. The van der Waals surface area contributed by atoms with Gasteiger partial charge in [-0.1, -0.05) is 20.8 Å². The topological polar surface area (TPSA) is 41.6 Å². The van der Waals surface area contributed by atoms with Crippen molar-refractivity contribution in [3.63, 3.8) is 0 Å². The molecule has 0 aromatic carbocycles. The van der Waals surface area contributed by atoms with E-state index in [1.807, 2.05) is 11.9 Å². The van der Waals surface area contributed by atoms with Crippen LogP contribution in [0.1, 0.15) is 33.6 Å². The molecule has 0 atom stereocenters. The number of hydrogen-bond acceptors (Lipinski definition) is 1. The van der Waals surface area contributed by atoms with Crippen LogP contribution in [0.3, 0.4) is 0 Å². The van der Waals surface area contributed by atoms with Gasteiger partial charge in [0, 0.05) is 20.6 Å². The van der Waals surface area contributed by atoms with E-state index in [4.69, 9.17) is 5.73 Å². The zero-order chi connectivity index (χ0) is 10.5. The lowest BCUT2D eigenvalue weighted by Crippen LogP contribution is -2.34. The van der Waals surface area contributed by atoms with Gasteiger partial charge in [-0.05, 0) is 18.3 Å². The van der Waals surface area contributed by atoms with E-state index in [1.165, 1.54) is 6.42 Å². The van der Waals surface area contributed by atoms with Gasteiger partial charge in [0.2, 0.25) is 0 Å². The summed E-state index contributed by atoms with van der Waals surface area (Å²) >= 11 is 0. The number of guanidine groups is 1. The Labute approximate surface area is 82.0 Å². The molecule has 0 unspecified atom stereocenters. The predicted molar refractivity (Wildman–Crippen MR) is 58.9 cm³/mol. The minimum absolute atomic E-state index is 0.416. The van der Waals surface area contributed by atoms with E-state index in [1.54, 1.807) is 7.05 Å². The minimum atomic E-state index is 0.416. The van der Waals surface area contributed by atoms with E-state index in [0.717, 1.165) is 13.0 Å². The SMILES string of the molecule is C/N=C(/N)N(C)CCCC(C)(C)C. The third-order valence-corrected chi connectivity index (χ3v) is 2.04. The molecule has 0 amide bonds. The molecule has 3 nitrogen and oxygen atoms in total. The molecular formula is C10H23N3. The van der Waals surface area contributed by atoms with Crippen LogP contribution in [0.25, 0.3) is 0 Å². The summed E-state index contributed by atoms with van der Waals surface area (Å²) in [6.45, 7) is 7.75. The van der Waals surface area contributed by atoms with E-state index in [9.17, 15) is 0 Å². The van der Waals surface area contributed by atoms with Crippen molar-refractivity contribution in [3.05, 3.63) is 0 Å².